The Balaban J connectivity index is 1.78. The van der Waals surface area contributed by atoms with Crippen LogP contribution in [0.4, 0.5) is 10.1 Å². The molecule has 45 heavy (non-hydrogen) atoms. The number of para-hydroxylation sites is 1. The lowest BCUT2D eigenvalue weighted by molar-refractivity contribution is -0.133. The van der Waals surface area contributed by atoms with Gasteiger partial charge in [-0.25, -0.2) is 4.39 Å². The number of carbonyl (C=O) groups excluding carboxylic acids is 2. The third-order valence-corrected chi connectivity index (χ3v) is 8.05. The summed E-state index contributed by atoms with van der Waals surface area (Å²) in [5, 5.41) is 24.7. The largest absolute Gasteiger partial charge is 0.393 e. The molecule has 0 fully saturated rings. The van der Waals surface area contributed by atoms with E-state index in [-0.39, 0.29) is 42.8 Å². The second kappa shape index (κ2) is 15.6. The Morgan fingerprint density at radius 2 is 1.44 bits per heavy atom. The van der Waals surface area contributed by atoms with Crippen molar-refractivity contribution in [3.05, 3.63) is 102 Å². The summed E-state index contributed by atoms with van der Waals surface area (Å²) < 4.78 is 16.2. The van der Waals surface area contributed by atoms with Crippen molar-refractivity contribution in [1.29, 1.82) is 0 Å². The fraction of sp³-hybridized carbons (Fsp3) is 0.351. The van der Waals surface area contributed by atoms with Gasteiger partial charge in [-0.2, -0.15) is 0 Å². The minimum Gasteiger partial charge on any atom is -0.393 e. The molecule has 7 nitrogen and oxygen atoms in total. The quantitative estimate of drug-likeness (QED) is 0.141. The monoisotopic (exact) mass is 613 g/mol. The molecule has 0 aliphatic carbocycles. The molecule has 4 rings (SSSR count). The summed E-state index contributed by atoms with van der Waals surface area (Å²) >= 11 is 0. The van der Waals surface area contributed by atoms with Gasteiger partial charge >= 0.3 is 0 Å². The molecule has 0 radical (unpaired) electrons. The zero-order valence-electron chi connectivity index (χ0n) is 26.5. The standard InChI is InChI=1S/C37H44FN3O4/c1-5-40(6-2)32(44)24-31(43)23-30(42)21-22-41-35(25(3)4)34(37(45)39-29-15-11-8-12-16-29)33(26-13-9-7-10-14-26)36(41)27-17-19-28(38)20-18-27/h7-20,25,30-31,42-43H,5-6,21-24H2,1-4H3,(H,39,45)/t30-,31-/m1/s1. The van der Waals surface area contributed by atoms with E-state index in [0.29, 0.717) is 30.9 Å². The Bertz CT molecular complexity index is 1550. The number of rotatable bonds is 14. The number of aliphatic hydroxyl groups is 2. The third kappa shape index (κ3) is 8.26. The number of halogens is 1. The van der Waals surface area contributed by atoms with Gasteiger partial charge in [0.15, 0.2) is 0 Å². The molecule has 0 aliphatic heterocycles. The SMILES string of the molecule is CCN(CC)C(=O)C[C@H](O)C[C@H](O)CCn1c(-c2ccc(F)cc2)c(-c2ccccc2)c(C(=O)Nc2ccccc2)c1C(C)C. The van der Waals surface area contributed by atoms with Gasteiger partial charge < -0.3 is 25.0 Å². The van der Waals surface area contributed by atoms with Gasteiger partial charge in [0.2, 0.25) is 5.91 Å². The Morgan fingerprint density at radius 3 is 2.02 bits per heavy atom. The maximum Gasteiger partial charge on any atom is 0.258 e. The van der Waals surface area contributed by atoms with Gasteiger partial charge in [-0.3, -0.25) is 9.59 Å². The van der Waals surface area contributed by atoms with E-state index in [1.165, 1.54) is 12.1 Å². The molecule has 1 heterocycles. The summed E-state index contributed by atoms with van der Waals surface area (Å²) in [7, 11) is 0. The normalized spacial score (nSPS) is 12.6. The average molecular weight is 614 g/mol. The molecule has 2 amide bonds. The van der Waals surface area contributed by atoms with Gasteiger partial charge in [-0.05, 0) is 80.1 Å². The van der Waals surface area contributed by atoms with E-state index in [1.54, 1.807) is 17.0 Å². The molecular weight excluding hydrogens is 569 g/mol. The summed E-state index contributed by atoms with van der Waals surface area (Å²) in [4.78, 5) is 28.3. The molecule has 3 N–H and O–H groups in total. The van der Waals surface area contributed by atoms with Gasteiger partial charge in [-0.1, -0.05) is 62.4 Å². The number of anilines is 1. The van der Waals surface area contributed by atoms with Crippen LogP contribution in [0, 0.1) is 5.82 Å². The molecule has 0 unspecified atom stereocenters. The first-order valence-corrected chi connectivity index (χ1v) is 15.7. The lowest BCUT2D eigenvalue weighted by Gasteiger charge is -2.22. The Morgan fingerprint density at radius 1 is 0.844 bits per heavy atom. The topological polar surface area (TPSA) is 94.8 Å². The van der Waals surface area contributed by atoms with Gasteiger partial charge in [0.1, 0.15) is 5.82 Å². The van der Waals surface area contributed by atoms with Crippen LogP contribution in [0.2, 0.25) is 0 Å². The van der Waals surface area contributed by atoms with E-state index in [1.807, 2.05) is 88.4 Å². The molecule has 0 saturated carbocycles. The van der Waals surface area contributed by atoms with Crippen LogP contribution in [0.3, 0.4) is 0 Å². The number of benzene rings is 3. The van der Waals surface area contributed by atoms with Crippen molar-refractivity contribution in [1.82, 2.24) is 9.47 Å². The van der Waals surface area contributed by atoms with Crippen molar-refractivity contribution in [2.75, 3.05) is 18.4 Å². The highest BCUT2D eigenvalue weighted by atomic mass is 19.1. The lowest BCUT2D eigenvalue weighted by atomic mass is 9.94. The van der Waals surface area contributed by atoms with Gasteiger partial charge in [-0.15, -0.1) is 0 Å². The van der Waals surface area contributed by atoms with Crippen LogP contribution in [0.5, 0.6) is 0 Å². The number of nitrogens with zero attached hydrogens (tertiary/aromatic N) is 2. The molecule has 4 aromatic rings. The van der Waals surface area contributed by atoms with E-state index in [2.05, 4.69) is 9.88 Å². The maximum absolute atomic E-state index is 14.2. The smallest absolute Gasteiger partial charge is 0.258 e. The van der Waals surface area contributed by atoms with Crippen molar-refractivity contribution in [2.24, 2.45) is 0 Å². The van der Waals surface area contributed by atoms with Crippen molar-refractivity contribution in [2.45, 2.75) is 71.6 Å². The average Bonchev–Trinajstić information content (AvgIpc) is 3.37. The van der Waals surface area contributed by atoms with Crippen molar-refractivity contribution < 1.29 is 24.2 Å². The van der Waals surface area contributed by atoms with Crippen molar-refractivity contribution in [3.8, 4) is 22.4 Å². The zero-order valence-corrected chi connectivity index (χ0v) is 26.5. The predicted octanol–water partition coefficient (Wildman–Crippen LogP) is 7.10. The maximum atomic E-state index is 14.2. The first-order valence-electron chi connectivity index (χ1n) is 15.7. The van der Waals surface area contributed by atoms with Crippen molar-refractivity contribution >= 4 is 17.5 Å². The number of aromatic nitrogens is 1. The summed E-state index contributed by atoms with van der Waals surface area (Å²) in [6, 6.07) is 25.1. The van der Waals surface area contributed by atoms with Crippen LogP contribution in [0.15, 0.2) is 84.9 Å². The molecule has 0 aliphatic rings. The summed E-state index contributed by atoms with van der Waals surface area (Å²) in [5.74, 6) is -0.871. The van der Waals surface area contributed by atoms with Crippen LogP contribution in [0.25, 0.3) is 22.4 Å². The minimum absolute atomic E-state index is 0.0457. The van der Waals surface area contributed by atoms with E-state index in [0.717, 1.165) is 28.1 Å². The molecular formula is C37H44FN3O4. The summed E-state index contributed by atoms with van der Waals surface area (Å²) in [5.41, 5.74) is 4.99. The number of hydrogen-bond acceptors (Lipinski definition) is 4. The molecule has 8 heteroatoms. The first-order chi connectivity index (χ1) is 21.6. The highest BCUT2D eigenvalue weighted by Crippen LogP contribution is 2.42. The Hall–Kier alpha value is -4.27. The summed E-state index contributed by atoms with van der Waals surface area (Å²) in [6.07, 6.45) is -1.61. The molecule has 0 spiro atoms. The number of nitrogens with one attached hydrogen (secondary N) is 1. The van der Waals surface area contributed by atoms with Crippen LogP contribution in [-0.4, -0.2) is 56.8 Å². The number of hydrogen-bond donors (Lipinski definition) is 3. The van der Waals surface area contributed by atoms with E-state index in [4.69, 9.17) is 0 Å². The van der Waals surface area contributed by atoms with Crippen LogP contribution in [-0.2, 0) is 11.3 Å². The minimum atomic E-state index is -0.981. The molecule has 2 atom stereocenters. The Kier molecular flexibility index (Phi) is 11.7. The van der Waals surface area contributed by atoms with Crippen LogP contribution in [0.1, 0.15) is 68.9 Å². The number of carbonyl (C=O) groups is 2. The fourth-order valence-electron chi connectivity index (χ4n) is 5.91. The fourth-order valence-corrected chi connectivity index (χ4v) is 5.91. The Labute approximate surface area is 265 Å². The second-order valence-electron chi connectivity index (χ2n) is 11.6. The predicted molar refractivity (Wildman–Crippen MR) is 178 cm³/mol. The van der Waals surface area contributed by atoms with Crippen molar-refractivity contribution in [3.63, 3.8) is 0 Å². The van der Waals surface area contributed by atoms with Crippen LogP contribution >= 0.6 is 0 Å². The van der Waals surface area contributed by atoms with Gasteiger partial charge in [0.05, 0.1) is 29.9 Å². The third-order valence-electron chi connectivity index (χ3n) is 8.05. The lowest BCUT2D eigenvalue weighted by Crippen LogP contribution is -2.34. The molecule has 1 aromatic heterocycles. The van der Waals surface area contributed by atoms with Gasteiger partial charge in [0, 0.05) is 36.6 Å². The molecule has 0 bridgehead atoms. The van der Waals surface area contributed by atoms with Crippen LogP contribution < -0.4 is 5.32 Å². The summed E-state index contributed by atoms with van der Waals surface area (Å²) in [6.45, 7) is 9.28. The van der Waals surface area contributed by atoms with E-state index in [9.17, 15) is 24.2 Å². The molecule has 3 aromatic carbocycles. The highest BCUT2D eigenvalue weighted by Gasteiger charge is 2.31. The second-order valence-corrected chi connectivity index (χ2v) is 11.6. The zero-order chi connectivity index (χ0) is 32.5. The molecule has 238 valence electrons. The van der Waals surface area contributed by atoms with E-state index >= 15 is 0 Å². The molecule has 0 saturated heterocycles. The number of amides is 2. The highest BCUT2D eigenvalue weighted by molar-refractivity contribution is 6.12. The van der Waals surface area contributed by atoms with E-state index < -0.39 is 12.2 Å². The van der Waals surface area contributed by atoms with Gasteiger partial charge in [0.25, 0.3) is 5.91 Å². The first kappa shape index (κ1) is 33.6. The number of aliphatic hydroxyl groups excluding tert-OH is 2.